The third kappa shape index (κ3) is 8.28. The first kappa shape index (κ1) is 28.1. The maximum atomic E-state index is 12.5. The number of likely N-dealkylation sites (N-methyl/N-ethyl adjacent to an activating group) is 1. The highest BCUT2D eigenvalue weighted by molar-refractivity contribution is 5.83. The molecule has 204 valence electrons. The lowest BCUT2D eigenvalue weighted by Crippen LogP contribution is -2.36. The van der Waals surface area contributed by atoms with Crippen LogP contribution >= 0.6 is 0 Å². The number of nitrogens with zero attached hydrogens (tertiary/aromatic N) is 2. The standard InChI is InChI=1S/C31H38N6O2/c1-32-29(25-9-4-3-5-10-25)31(39)33-19-7-6-12-28(38)34-21-24-15-13-23(14-16-24)17-18-26-22-35-30(36-26)27-11-8-20-37(27)2/h3-5,9-10,13-16,22,27,29,32H,6-8,11-12,19-21H2,1-2H3,(H,33,39)(H,34,38)(H,35,36). The van der Waals surface area contributed by atoms with E-state index in [0.29, 0.717) is 32.0 Å². The second-order valence-corrected chi connectivity index (χ2v) is 9.92. The molecule has 2 unspecified atom stereocenters. The average Bonchev–Trinajstić information content (AvgIpc) is 3.60. The molecule has 0 bridgehead atoms. The molecule has 0 spiro atoms. The van der Waals surface area contributed by atoms with Gasteiger partial charge in [-0.3, -0.25) is 14.5 Å². The van der Waals surface area contributed by atoms with Crippen molar-refractivity contribution in [2.75, 3.05) is 27.2 Å². The van der Waals surface area contributed by atoms with E-state index < -0.39 is 0 Å². The molecule has 1 saturated heterocycles. The summed E-state index contributed by atoms with van der Waals surface area (Å²) < 4.78 is 0. The van der Waals surface area contributed by atoms with Crippen LogP contribution < -0.4 is 16.0 Å². The van der Waals surface area contributed by atoms with Gasteiger partial charge in [-0.25, -0.2) is 4.98 Å². The Hall–Kier alpha value is -3.93. The number of benzene rings is 2. The summed E-state index contributed by atoms with van der Waals surface area (Å²) >= 11 is 0. The largest absolute Gasteiger partial charge is 0.354 e. The molecule has 2 aromatic carbocycles. The minimum Gasteiger partial charge on any atom is -0.354 e. The van der Waals surface area contributed by atoms with Gasteiger partial charge in [-0.15, -0.1) is 0 Å². The fourth-order valence-corrected chi connectivity index (χ4v) is 4.78. The van der Waals surface area contributed by atoms with E-state index >= 15 is 0 Å². The van der Waals surface area contributed by atoms with Gasteiger partial charge in [-0.2, -0.15) is 0 Å². The average molecular weight is 527 g/mol. The SMILES string of the molecule is CNC(C(=O)NCCCCC(=O)NCc1ccc(C#Cc2cnc(C3CCCN3C)[nH]2)cc1)c1ccccc1. The van der Waals surface area contributed by atoms with Crippen molar-refractivity contribution in [1.82, 2.24) is 30.8 Å². The van der Waals surface area contributed by atoms with E-state index in [9.17, 15) is 9.59 Å². The second kappa shape index (κ2) is 14.3. The Morgan fingerprint density at radius 1 is 1.08 bits per heavy atom. The number of nitrogens with one attached hydrogen (secondary N) is 4. The van der Waals surface area contributed by atoms with Gasteiger partial charge in [0.05, 0.1) is 12.2 Å². The summed E-state index contributed by atoms with van der Waals surface area (Å²) in [4.78, 5) is 34.9. The summed E-state index contributed by atoms with van der Waals surface area (Å²) in [6.45, 7) is 2.12. The monoisotopic (exact) mass is 526 g/mol. The zero-order valence-electron chi connectivity index (χ0n) is 22.8. The predicted molar refractivity (Wildman–Crippen MR) is 153 cm³/mol. The zero-order valence-corrected chi connectivity index (χ0v) is 22.8. The normalized spacial score (nSPS) is 15.8. The third-order valence-electron chi connectivity index (χ3n) is 7.03. The molecule has 4 N–H and O–H groups in total. The van der Waals surface area contributed by atoms with E-state index in [0.717, 1.165) is 47.6 Å². The summed E-state index contributed by atoms with van der Waals surface area (Å²) in [7, 11) is 3.90. The van der Waals surface area contributed by atoms with Crippen LogP contribution in [0, 0.1) is 11.8 Å². The number of aromatic amines is 1. The molecule has 0 aliphatic carbocycles. The van der Waals surface area contributed by atoms with Crippen LogP contribution in [-0.4, -0.2) is 53.9 Å². The summed E-state index contributed by atoms with van der Waals surface area (Å²) in [6.07, 6.45) is 6.00. The Kier molecular flexibility index (Phi) is 10.3. The van der Waals surface area contributed by atoms with E-state index in [4.69, 9.17) is 0 Å². The Morgan fingerprint density at radius 3 is 2.59 bits per heavy atom. The molecular formula is C31H38N6O2. The third-order valence-corrected chi connectivity index (χ3v) is 7.03. The molecule has 39 heavy (non-hydrogen) atoms. The van der Waals surface area contributed by atoms with E-state index in [2.05, 4.69) is 49.7 Å². The first-order chi connectivity index (χ1) is 19.0. The maximum absolute atomic E-state index is 12.5. The molecule has 4 rings (SSSR count). The van der Waals surface area contributed by atoms with E-state index in [1.807, 2.05) is 54.6 Å². The van der Waals surface area contributed by atoms with Crippen LogP contribution in [0.1, 0.15) is 72.4 Å². The van der Waals surface area contributed by atoms with Gasteiger partial charge in [0, 0.05) is 25.1 Å². The first-order valence-corrected chi connectivity index (χ1v) is 13.7. The summed E-state index contributed by atoms with van der Waals surface area (Å²) in [5.74, 6) is 7.27. The summed E-state index contributed by atoms with van der Waals surface area (Å²) in [6, 6.07) is 17.5. The van der Waals surface area contributed by atoms with Gasteiger partial charge in [0.1, 0.15) is 17.6 Å². The molecule has 2 amide bonds. The molecular weight excluding hydrogens is 488 g/mol. The first-order valence-electron chi connectivity index (χ1n) is 13.7. The molecule has 1 aromatic heterocycles. The molecule has 3 aromatic rings. The molecule has 2 atom stereocenters. The van der Waals surface area contributed by atoms with Crippen LogP contribution in [-0.2, 0) is 16.1 Å². The quantitative estimate of drug-likeness (QED) is 0.227. The van der Waals surface area contributed by atoms with Crippen LogP contribution in [0.15, 0.2) is 60.8 Å². The Bertz CT molecular complexity index is 1280. The highest BCUT2D eigenvalue weighted by Crippen LogP contribution is 2.27. The fourth-order valence-electron chi connectivity index (χ4n) is 4.78. The van der Waals surface area contributed by atoms with Gasteiger partial charge in [-0.1, -0.05) is 48.4 Å². The molecule has 1 aliphatic heterocycles. The number of unbranched alkanes of at least 4 members (excludes halogenated alkanes) is 1. The van der Waals surface area contributed by atoms with Crippen molar-refractivity contribution in [3.05, 3.63) is 89.0 Å². The van der Waals surface area contributed by atoms with Gasteiger partial charge in [0.15, 0.2) is 0 Å². The lowest BCUT2D eigenvalue weighted by atomic mass is 10.1. The van der Waals surface area contributed by atoms with Gasteiger partial charge in [0.25, 0.3) is 0 Å². The van der Waals surface area contributed by atoms with Crippen molar-refractivity contribution < 1.29 is 9.59 Å². The molecule has 1 aliphatic rings. The van der Waals surface area contributed by atoms with Crippen molar-refractivity contribution in [3.8, 4) is 11.8 Å². The smallest absolute Gasteiger partial charge is 0.241 e. The van der Waals surface area contributed by atoms with Crippen LogP contribution in [0.5, 0.6) is 0 Å². The molecule has 2 heterocycles. The minimum absolute atomic E-state index is 0.00513. The number of carbonyl (C=O) groups excluding carboxylic acids is 2. The lowest BCUT2D eigenvalue weighted by Gasteiger charge is -2.16. The van der Waals surface area contributed by atoms with Gasteiger partial charge in [-0.05, 0) is 75.5 Å². The summed E-state index contributed by atoms with van der Waals surface area (Å²) in [5.41, 5.74) is 3.68. The highest BCUT2D eigenvalue weighted by atomic mass is 16.2. The highest BCUT2D eigenvalue weighted by Gasteiger charge is 2.24. The number of carbonyl (C=O) groups is 2. The lowest BCUT2D eigenvalue weighted by molar-refractivity contribution is -0.123. The minimum atomic E-state index is -0.380. The topological polar surface area (TPSA) is 102 Å². The molecule has 1 fully saturated rings. The Labute approximate surface area is 231 Å². The molecule has 0 saturated carbocycles. The van der Waals surface area contributed by atoms with Crippen molar-refractivity contribution in [1.29, 1.82) is 0 Å². The maximum Gasteiger partial charge on any atom is 0.241 e. The number of aromatic nitrogens is 2. The predicted octanol–water partition coefficient (Wildman–Crippen LogP) is 3.44. The molecule has 8 heteroatoms. The molecule has 0 radical (unpaired) electrons. The summed E-state index contributed by atoms with van der Waals surface area (Å²) in [5, 5.41) is 8.97. The van der Waals surface area contributed by atoms with E-state index in [1.54, 1.807) is 13.2 Å². The Balaban J connectivity index is 1.13. The van der Waals surface area contributed by atoms with Crippen LogP contribution in [0.25, 0.3) is 0 Å². The molecule has 8 nitrogen and oxygen atoms in total. The number of imidazole rings is 1. The number of likely N-dealkylation sites (tertiary alicyclic amines) is 1. The van der Waals surface area contributed by atoms with Crippen LogP contribution in [0.3, 0.4) is 0 Å². The van der Waals surface area contributed by atoms with Gasteiger partial charge < -0.3 is 20.9 Å². The van der Waals surface area contributed by atoms with Crippen molar-refractivity contribution in [2.24, 2.45) is 0 Å². The Morgan fingerprint density at radius 2 is 1.87 bits per heavy atom. The van der Waals surface area contributed by atoms with E-state index in [1.165, 1.54) is 6.42 Å². The second-order valence-electron chi connectivity index (χ2n) is 9.92. The number of H-pyrrole nitrogens is 1. The number of amides is 2. The number of hydrogen-bond acceptors (Lipinski definition) is 5. The fraction of sp³-hybridized carbons (Fsp3) is 0.387. The number of rotatable bonds is 11. The van der Waals surface area contributed by atoms with Gasteiger partial charge in [0.2, 0.25) is 11.8 Å². The van der Waals surface area contributed by atoms with Gasteiger partial charge >= 0.3 is 0 Å². The number of hydrogen-bond donors (Lipinski definition) is 4. The van der Waals surface area contributed by atoms with Crippen molar-refractivity contribution in [3.63, 3.8) is 0 Å². The van der Waals surface area contributed by atoms with Crippen molar-refractivity contribution >= 4 is 11.8 Å². The van der Waals surface area contributed by atoms with Crippen LogP contribution in [0.4, 0.5) is 0 Å². The van der Waals surface area contributed by atoms with E-state index in [-0.39, 0.29) is 17.9 Å². The van der Waals surface area contributed by atoms with Crippen molar-refractivity contribution in [2.45, 2.75) is 50.7 Å². The van der Waals surface area contributed by atoms with Crippen LogP contribution in [0.2, 0.25) is 0 Å². The zero-order chi connectivity index (χ0) is 27.5.